The maximum Gasteiger partial charge on any atom is 0.250 e. The van der Waals surface area contributed by atoms with Crippen LogP contribution in [0.1, 0.15) is 42.6 Å². The Hall–Kier alpha value is -2.66. The van der Waals surface area contributed by atoms with Gasteiger partial charge in [0.1, 0.15) is 11.3 Å². The van der Waals surface area contributed by atoms with Crippen LogP contribution in [-0.2, 0) is 6.54 Å². The fourth-order valence-electron chi connectivity index (χ4n) is 4.17. The molecule has 0 spiro atoms. The lowest BCUT2D eigenvalue weighted by Crippen LogP contribution is -2.32. The molecule has 1 aliphatic rings. The predicted molar refractivity (Wildman–Crippen MR) is 108 cm³/mol. The first kappa shape index (κ1) is 17.7. The quantitative estimate of drug-likeness (QED) is 0.722. The molecule has 4 rings (SSSR count). The number of para-hydroxylation sites is 1. The molecule has 0 radical (unpaired) electrons. The number of likely N-dealkylation sites (tertiary alicyclic amines) is 1. The van der Waals surface area contributed by atoms with Crippen molar-refractivity contribution in [2.24, 2.45) is 11.7 Å². The van der Waals surface area contributed by atoms with Crippen LogP contribution in [0.25, 0.3) is 22.4 Å². The normalized spacial score (nSPS) is 17.8. The van der Waals surface area contributed by atoms with Crippen LogP contribution in [0.5, 0.6) is 0 Å². The first-order valence-corrected chi connectivity index (χ1v) is 9.65. The Balaban J connectivity index is 1.57. The zero-order chi connectivity index (χ0) is 19.0. The van der Waals surface area contributed by atoms with E-state index in [4.69, 9.17) is 5.73 Å². The molecule has 2 aromatic carbocycles. The lowest BCUT2D eigenvalue weighted by Gasteiger charge is -2.27. The molecule has 3 N–H and O–H groups in total. The Labute approximate surface area is 159 Å². The highest BCUT2D eigenvalue weighted by atomic mass is 16.1. The van der Waals surface area contributed by atoms with Crippen LogP contribution in [0.4, 0.5) is 0 Å². The van der Waals surface area contributed by atoms with Crippen molar-refractivity contribution in [3.8, 4) is 11.4 Å². The van der Waals surface area contributed by atoms with Gasteiger partial charge in [0.25, 0.3) is 5.91 Å². The molecule has 5 nitrogen and oxygen atoms in total. The van der Waals surface area contributed by atoms with E-state index < -0.39 is 5.91 Å². The Kier molecular flexibility index (Phi) is 4.70. The van der Waals surface area contributed by atoms with Crippen LogP contribution in [-0.4, -0.2) is 33.4 Å². The molecule has 0 saturated carbocycles. The monoisotopic (exact) mass is 362 g/mol. The minimum absolute atomic E-state index is 0.445. The minimum atomic E-state index is -0.459. The zero-order valence-corrected chi connectivity index (χ0v) is 15.9. The predicted octanol–water partition coefficient (Wildman–Crippen LogP) is 3.95. The molecule has 2 heterocycles. The molecule has 0 bridgehead atoms. The summed E-state index contributed by atoms with van der Waals surface area (Å²) in [4.78, 5) is 22.1. The van der Waals surface area contributed by atoms with Gasteiger partial charge in [0.2, 0.25) is 0 Å². The maximum atomic E-state index is 11.6. The molecule has 0 aliphatic carbocycles. The van der Waals surface area contributed by atoms with Crippen LogP contribution in [0, 0.1) is 5.92 Å². The summed E-state index contributed by atoms with van der Waals surface area (Å²) >= 11 is 0. The molecule has 1 amide bonds. The largest absolute Gasteiger partial charge is 0.366 e. The number of primary amides is 1. The second-order valence-electron chi connectivity index (χ2n) is 7.77. The van der Waals surface area contributed by atoms with Gasteiger partial charge in [0.15, 0.2) is 0 Å². The van der Waals surface area contributed by atoms with E-state index in [0.717, 1.165) is 23.4 Å². The SMILES string of the molecule is CC(C)C1CCCN1Cc1ccc(-c2nc3c(C(N)=O)cccc3[nH]2)cc1. The van der Waals surface area contributed by atoms with E-state index >= 15 is 0 Å². The van der Waals surface area contributed by atoms with Crippen molar-refractivity contribution >= 4 is 16.9 Å². The number of benzene rings is 2. The van der Waals surface area contributed by atoms with E-state index in [2.05, 4.69) is 53.0 Å². The summed E-state index contributed by atoms with van der Waals surface area (Å²) in [6, 6.07) is 14.7. The molecule has 1 fully saturated rings. The van der Waals surface area contributed by atoms with E-state index in [0.29, 0.717) is 23.0 Å². The van der Waals surface area contributed by atoms with Gasteiger partial charge in [-0.3, -0.25) is 9.69 Å². The molecule has 1 aliphatic heterocycles. The summed E-state index contributed by atoms with van der Waals surface area (Å²) < 4.78 is 0. The number of nitrogens with two attached hydrogens (primary N) is 1. The van der Waals surface area contributed by atoms with Crippen molar-refractivity contribution in [3.05, 3.63) is 53.6 Å². The lowest BCUT2D eigenvalue weighted by atomic mass is 10.0. The number of nitrogens with zero attached hydrogens (tertiary/aromatic N) is 2. The van der Waals surface area contributed by atoms with Crippen LogP contribution < -0.4 is 5.73 Å². The van der Waals surface area contributed by atoms with Crippen LogP contribution in [0.2, 0.25) is 0 Å². The standard InChI is InChI=1S/C22H26N4O/c1-14(2)19-7-4-12-26(19)13-15-8-10-16(11-9-15)22-24-18-6-3-5-17(21(23)27)20(18)25-22/h3,5-6,8-11,14,19H,4,7,12-13H2,1-2H3,(H2,23,27)(H,24,25). The minimum Gasteiger partial charge on any atom is -0.366 e. The van der Waals surface area contributed by atoms with Crippen molar-refractivity contribution in [1.82, 2.24) is 14.9 Å². The number of hydrogen-bond acceptors (Lipinski definition) is 3. The Morgan fingerprint density at radius 2 is 2.04 bits per heavy atom. The third-order valence-corrected chi connectivity index (χ3v) is 5.57. The van der Waals surface area contributed by atoms with Crippen molar-refractivity contribution in [2.45, 2.75) is 39.3 Å². The highest BCUT2D eigenvalue weighted by molar-refractivity contribution is 6.04. The number of imidazole rings is 1. The van der Waals surface area contributed by atoms with Gasteiger partial charge < -0.3 is 10.7 Å². The van der Waals surface area contributed by atoms with Crippen molar-refractivity contribution in [3.63, 3.8) is 0 Å². The van der Waals surface area contributed by atoms with Crippen LogP contribution in [0.15, 0.2) is 42.5 Å². The molecule has 1 atom stereocenters. The number of carbonyl (C=O) groups is 1. The van der Waals surface area contributed by atoms with Gasteiger partial charge in [0.05, 0.1) is 11.1 Å². The molecule has 3 aromatic rings. The van der Waals surface area contributed by atoms with Gasteiger partial charge in [-0.15, -0.1) is 0 Å². The van der Waals surface area contributed by atoms with Crippen LogP contribution in [0.3, 0.4) is 0 Å². The number of amides is 1. The average molecular weight is 362 g/mol. The van der Waals surface area contributed by atoms with Crippen LogP contribution >= 0.6 is 0 Å². The number of nitrogens with one attached hydrogen (secondary N) is 1. The topological polar surface area (TPSA) is 75.0 Å². The van der Waals surface area contributed by atoms with Gasteiger partial charge in [-0.25, -0.2) is 4.98 Å². The summed E-state index contributed by atoms with van der Waals surface area (Å²) in [7, 11) is 0. The van der Waals surface area contributed by atoms with E-state index in [1.54, 1.807) is 6.07 Å². The van der Waals surface area contributed by atoms with E-state index in [1.165, 1.54) is 24.9 Å². The molecular formula is C22H26N4O. The third kappa shape index (κ3) is 3.47. The molecule has 1 unspecified atom stereocenters. The van der Waals surface area contributed by atoms with Gasteiger partial charge in [-0.2, -0.15) is 0 Å². The number of rotatable bonds is 5. The average Bonchev–Trinajstić information content (AvgIpc) is 3.28. The number of fused-ring (bicyclic) bond motifs is 1. The highest BCUT2D eigenvalue weighted by Crippen LogP contribution is 2.27. The zero-order valence-electron chi connectivity index (χ0n) is 15.9. The lowest BCUT2D eigenvalue weighted by molar-refractivity contribution is 0.100. The summed E-state index contributed by atoms with van der Waals surface area (Å²) in [5.41, 5.74) is 9.68. The smallest absolute Gasteiger partial charge is 0.250 e. The summed E-state index contributed by atoms with van der Waals surface area (Å²) in [5, 5.41) is 0. The molecule has 140 valence electrons. The fourth-order valence-corrected chi connectivity index (χ4v) is 4.17. The van der Waals surface area contributed by atoms with E-state index in [9.17, 15) is 4.79 Å². The highest BCUT2D eigenvalue weighted by Gasteiger charge is 2.26. The maximum absolute atomic E-state index is 11.6. The molecular weight excluding hydrogens is 336 g/mol. The summed E-state index contributed by atoms with van der Waals surface area (Å²) in [6.07, 6.45) is 2.60. The Bertz CT molecular complexity index is 958. The van der Waals surface area contributed by atoms with E-state index in [-0.39, 0.29) is 0 Å². The first-order chi connectivity index (χ1) is 13.0. The number of carbonyl (C=O) groups excluding carboxylic acids is 1. The molecule has 27 heavy (non-hydrogen) atoms. The second kappa shape index (κ2) is 7.16. The second-order valence-corrected chi connectivity index (χ2v) is 7.77. The van der Waals surface area contributed by atoms with Crippen molar-refractivity contribution in [1.29, 1.82) is 0 Å². The molecule has 5 heteroatoms. The van der Waals surface area contributed by atoms with Crippen molar-refractivity contribution < 1.29 is 4.79 Å². The van der Waals surface area contributed by atoms with Gasteiger partial charge in [-0.05, 0) is 43.0 Å². The summed E-state index contributed by atoms with van der Waals surface area (Å²) in [5.74, 6) is 0.993. The van der Waals surface area contributed by atoms with E-state index in [1.807, 2.05) is 12.1 Å². The summed E-state index contributed by atoms with van der Waals surface area (Å²) in [6.45, 7) is 6.81. The first-order valence-electron chi connectivity index (χ1n) is 9.65. The number of H-pyrrole nitrogens is 1. The number of hydrogen-bond donors (Lipinski definition) is 2. The van der Waals surface area contributed by atoms with Crippen molar-refractivity contribution in [2.75, 3.05) is 6.54 Å². The fraction of sp³-hybridized carbons (Fsp3) is 0.364. The van der Waals surface area contributed by atoms with Gasteiger partial charge in [-0.1, -0.05) is 44.2 Å². The van der Waals surface area contributed by atoms with Gasteiger partial charge in [0, 0.05) is 18.2 Å². The Morgan fingerprint density at radius 3 is 2.74 bits per heavy atom. The molecule has 1 aromatic heterocycles. The van der Waals surface area contributed by atoms with Gasteiger partial charge >= 0.3 is 0 Å². The third-order valence-electron chi connectivity index (χ3n) is 5.57. The molecule has 1 saturated heterocycles. The number of aromatic nitrogens is 2. The number of aromatic amines is 1. The Morgan fingerprint density at radius 1 is 1.26 bits per heavy atom.